The predicted molar refractivity (Wildman–Crippen MR) is 84.4 cm³/mol. The Morgan fingerprint density at radius 3 is 2.67 bits per heavy atom. The summed E-state index contributed by atoms with van der Waals surface area (Å²) < 4.78 is 6.55. The molecule has 0 heterocycles. The van der Waals surface area contributed by atoms with Crippen LogP contribution in [0.1, 0.15) is 20.8 Å². The van der Waals surface area contributed by atoms with Crippen LogP contribution >= 0.6 is 34.2 Å². The van der Waals surface area contributed by atoms with E-state index >= 15 is 0 Å². The van der Waals surface area contributed by atoms with E-state index in [4.69, 9.17) is 16.3 Å². The minimum absolute atomic E-state index is 0.227. The summed E-state index contributed by atoms with van der Waals surface area (Å²) in [5, 5.41) is 13.7. The molecule has 0 aliphatic rings. The number of aliphatic hydroxyl groups excluding tert-OH is 1. The fourth-order valence-electron chi connectivity index (χ4n) is 1.27. The van der Waals surface area contributed by atoms with Gasteiger partial charge in [-0.2, -0.15) is 0 Å². The summed E-state index contributed by atoms with van der Waals surface area (Å²) in [4.78, 5) is 0. The Morgan fingerprint density at radius 2 is 2.11 bits per heavy atom. The van der Waals surface area contributed by atoms with E-state index in [9.17, 15) is 5.11 Å². The molecule has 0 saturated carbocycles. The van der Waals surface area contributed by atoms with Crippen molar-refractivity contribution in [2.45, 2.75) is 32.5 Å². The highest BCUT2D eigenvalue weighted by molar-refractivity contribution is 14.1. The smallest absolute Gasteiger partial charge is 0.0945 e. The van der Waals surface area contributed by atoms with Gasteiger partial charge >= 0.3 is 0 Å². The molecule has 1 aromatic carbocycles. The molecule has 5 heteroatoms. The molecule has 0 bridgehead atoms. The minimum atomic E-state index is -0.532. The maximum atomic E-state index is 9.80. The molecule has 3 nitrogen and oxygen atoms in total. The molecule has 1 rings (SSSR count). The third-order valence-corrected chi connectivity index (χ3v) is 3.30. The Bertz CT molecular complexity index is 393. The van der Waals surface area contributed by atoms with Gasteiger partial charge in [-0.1, -0.05) is 11.6 Å². The lowest BCUT2D eigenvalue weighted by atomic mass is 10.2. The monoisotopic (exact) mass is 383 g/mol. The van der Waals surface area contributed by atoms with E-state index in [1.165, 1.54) is 0 Å². The van der Waals surface area contributed by atoms with Gasteiger partial charge in [0.1, 0.15) is 0 Å². The van der Waals surface area contributed by atoms with E-state index in [-0.39, 0.29) is 5.60 Å². The fraction of sp³-hybridized carbons (Fsp3) is 0.538. The molecule has 0 spiro atoms. The van der Waals surface area contributed by atoms with Crippen molar-refractivity contribution in [3.63, 3.8) is 0 Å². The molecule has 102 valence electrons. The Labute approximate surface area is 127 Å². The molecule has 0 fully saturated rings. The van der Waals surface area contributed by atoms with Crippen LogP contribution in [0.2, 0.25) is 5.02 Å². The number of anilines is 1. The number of rotatable bonds is 5. The van der Waals surface area contributed by atoms with Gasteiger partial charge in [0.25, 0.3) is 0 Å². The van der Waals surface area contributed by atoms with Crippen LogP contribution in [0.5, 0.6) is 0 Å². The molecule has 0 aliphatic heterocycles. The Hall–Kier alpha value is -0.0400. The highest BCUT2D eigenvalue weighted by Crippen LogP contribution is 2.22. The van der Waals surface area contributed by atoms with Gasteiger partial charge in [-0.25, -0.2) is 0 Å². The van der Waals surface area contributed by atoms with Crippen molar-refractivity contribution < 1.29 is 9.84 Å². The van der Waals surface area contributed by atoms with Crippen molar-refractivity contribution in [3.8, 4) is 0 Å². The zero-order chi connectivity index (χ0) is 13.8. The highest BCUT2D eigenvalue weighted by Gasteiger charge is 2.13. The second-order valence-electron chi connectivity index (χ2n) is 5.08. The lowest BCUT2D eigenvalue weighted by molar-refractivity contribution is -0.0449. The molecule has 2 N–H and O–H groups in total. The van der Waals surface area contributed by atoms with E-state index < -0.39 is 6.10 Å². The lowest BCUT2D eigenvalue weighted by Crippen LogP contribution is -2.30. The summed E-state index contributed by atoms with van der Waals surface area (Å²) in [5.41, 5.74) is 0.741. The zero-order valence-electron chi connectivity index (χ0n) is 10.8. The number of halogens is 2. The molecule has 0 aromatic heterocycles. The van der Waals surface area contributed by atoms with Crippen molar-refractivity contribution in [3.05, 3.63) is 26.8 Å². The standard InChI is InChI=1S/C13H19ClINO2/c1-13(2,3)18-8-10(17)7-16-12-5-4-9(14)6-11(12)15/h4-6,10,16-17H,7-8H2,1-3H3. The first-order valence-corrected chi connectivity index (χ1v) is 7.24. The van der Waals surface area contributed by atoms with Crippen LogP contribution in [-0.4, -0.2) is 30.0 Å². The Morgan fingerprint density at radius 1 is 1.44 bits per heavy atom. The first kappa shape index (κ1) is 16.0. The molecular weight excluding hydrogens is 365 g/mol. The third kappa shape index (κ3) is 6.22. The first-order valence-electron chi connectivity index (χ1n) is 5.79. The molecule has 0 amide bonds. The van der Waals surface area contributed by atoms with Crippen molar-refractivity contribution in [1.29, 1.82) is 0 Å². The molecule has 1 aromatic rings. The van der Waals surface area contributed by atoms with Gasteiger partial charge in [0.2, 0.25) is 0 Å². The molecule has 18 heavy (non-hydrogen) atoms. The molecular formula is C13H19ClINO2. The fourth-order valence-corrected chi connectivity index (χ4v) is 2.33. The van der Waals surface area contributed by atoms with Crippen molar-refractivity contribution in [1.82, 2.24) is 0 Å². The van der Waals surface area contributed by atoms with E-state index in [1.54, 1.807) is 0 Å². The molecule has 0 radical (unpaired) electrons. The maximum Gasteiger partial charge on any atom is 0.0945 e. The second kappa shape index (κ2) is 6.93. The van der Waals surface area contributed by atoms with Crippen molar-refractivity contribution in [2.24, 2.45) is 0 Å². The molecule has 0 saturated heterocycles. The second-order valence-corrected chi connectivity index (χ2v) is 6.68. The SMILES string of the molecule is CC(C)(C)OCC(O)CNc1ccc(Cl)cc1I. The van der Waals surface area contributed by atoms with Crippen LogP contribution in [0.3, 0.4) is 0 Å². The van der Waals surface area contributed by atoms with Gasteiger partial charge in [-0.3, -0.25) is 0 Å². The molecule has 0 aliphatic carbocycles. The third-order valence-electron chi connectivity index (χ3n) is 2.17. The topological polar surface area (TPSA) is 41.5 Å². The van der Waals surface area contributed by atoms with Crippen LogP contribution in [-0.2, 0) is 4.74 Å². The number of benzene rings is 1. The summed E-state index contributed by atoms with van der Waals surface area (Å²) in [6, 6.07) is 5.61. The summed E-state index contributed by atoms with van der Waals surface area (Å²) in [6.07, 6.45) is -0.532. The van der Waals surface area contributed by atoms with Crippen molar-refractivity contribution in [2.75, 3.05) is 18.5 Å². The quantitative estimate of drug-likeness (QED) is 0.764. The van der Waals surface area contributed by atoms with Gasteiger partial charge in [0.05, 0.1) is 18.3 Å². The molecule has 1 atom stereocenters. The van der Waals surface area contributed by atoms with Gasteiger partial charge < -0.3 is 15.2 Å². The van der Waals surface area contributed by atoms with E-state index in [0.29, 0.717) is 18.2 Å². The number of hydrogen-bond donors (Lipinski definition) is 2. The Balaban J connectivity index is 2.40. The van der Waals surface area contributed by atoms with Crippen LogP contribution in [0.15, 0.2) is 18.2 Å². The number of nitrogens with one attached hydrogen (secondary N) is 1. The van der Waals surface area contributed by atoms with Crippen LogP contribution < -0.4 is 5.32 Å². The average molecular weight is 384 g/mol. The highest BCUT2D eigenvalue weighted by atomic mass is 127. The summed E-state index contributed by atoms with van der Waals surface area (Å²) in [6.45, 7) is 6.67. The van der Waals surface area contributed by atoms with Crippen LogP contribution in [0, 0.1) is 3.57 Å². The van der Waals surface area contributed by atoms with E-state index in [0.717, 1.165) is 9.26 Å². The van der Waals surface area contributed by atoms with E-state index in [1.807, 2.05) is 39.0 Å². The summed E-state index contributed by atoms with van der Waals surface area (Å²) >= 11 is 8.08. The van der Waals surface area contributed by atoms with E-state index in [2.05, 4.69) is 27.9 Å². The average Bonchev–Trinajstić information content (AvgIpc) is 2.24. The summed E-state index contributed by atoms with van der Waals surface area (Å²) in [7, 11) is 0. The minimum Gasteiger partial charge on any atom is -0.389 e. The lowest BCUT2D eigenvalue weighted by Gasteiger charge is -2.22. The van der Waals surface area contributed by atoms with Gasteiger partial charge in [0.15, 0.2) is 0 Å². The number of ether oxygens (including phenoxy) is 1. The maximum absolute atomic E-state index is 9.80. The first-order chi connectivity index (χ1) is 8.28. The largest absolute Gasteiger partial charge is 0.389 e. The van der Waals surface area contributed by atoms with Gasteiger partial charge in [-0.15, -0.1) is 0 Å². The summed E-state index contributed by atoms with van der Waals surface area (Å²) in [5.74, 6) is 0. The van der Waals surface area contributed by atoms with Crippen LogP contribution in [0.25, 0.3) is 0 Å². The number of aliphatic hydroxyl groups is 1. The number of hydrogen-bond acceptors (Lipinski definition) is 3. The van der Waals surface area contributed by atoms with Gasteiger partial charge in [-0.05, 0) is 61.6 Å². The predicted octanol–water partition coefficient (Wildman–Crippen LogP) is 3.53. The van der Waals surface area contributed by atoms with Gasteiger partial charge in [0, 0.05) is 20.8 Å². The van der Waals surface area contributed by atoms with Crippen molar-refractivity contribution >= 4 is 39.9 Å². The molecule has 1 unspecified atom stereocenters. The van der Waals surface area contributed by atoms with Crippen LogP contribution in [0.4, 0.5) is 5.69 Å². The zero-order valence-corrected chi connectivity index (χ0v) is 13.7. The normalized spacial score (nSPS) is 13.4. The Kier molecular flexibility index (Phi) is 6.17.